The van der Waals surface area contributed by atoms with Gasteiger partial charge in [-0.05, 0) is 45.7 Å². The van der Waals surface area contributed by atoms with Gasteiger partial charge in [0.25, 0.3) is 0 Å². The Morgan fingerprint density at radius 1 is 1.19 bits per heavy atom. The zero-order valence-electron chi connectivity index (χ0n) is 12.8. The van der Waals surface area contributed by atoms with Crippen molar-refractivity contribution in [2.45, 2.75) is 51.9 Å². The molecule has 1 N–H and O–H groups in total. The fourth-order valence-corrected chi connectivity index (χ4v) is 3.05. The summed E-state index contributed by atoms with van der Waals surface area (Å²) in [5, 5.41) is 3.63. The minimum Gasteiger partial charge on any atom is -0.379 e. The van der Waals surface area contributed by atoms with Crippen molar-refractivity contribution >= 4 is 5.69 Å². The average molecular weight is 286 g/mol. The third-order valence-electron chi connectivity index (χ3n) is 3.90. The molecule has 0 saturated carbocycles. The Morgan fingerprint density at radius 2 is 1.95 bits per heavy atom. The van der Waals surface area contributed by atoms with E-state index in [-0.39, 0.29) is 0 Å². The van der Waals surface area contributed by atoms with Crippen LogP contribution in [0.4, 0.5) is 5.69 Å². The van der Waals surface area contributed by atoms with Crippen molar-refractivity contribution in [2.24, 2.45) is 0 Å². The Hall–Kier alpha value is -1.88. The van der Waals surface area contributed by atoms with Gasteiger partial charge in [-0.2, -0.15) is 0 Å². The highest BCUT2D eigenvalue weighted by Gasteiger charge is 2.25. The molecule has 0 radical (unpaired) electrons. The lowest BCUT2D eigenvalue weighted by Crippen LogP contribution is -2.37. The summed E-state index contributed by atoms with van der Waals surface area (Å²) in [4.78, 5) is 8.79. The van der Waals surface area contributed by atoms with Crippen LogP contribution in [-0.4, -0.2) is 32.8 Å². The predicted octanol–water partition coefficient (Wildman–Crippen LogP) is 2.94. The molecule has 1 aliphatic rings. The molecule has 3 rings (SSSR count). The molecule has 0 aromatic carbocycles. The molecule has 2 unspecified atom stereocenters. The fourth-order valence-electron chi connectivity index (χ4n) is 3.05. The molecule has 5 heteroatoms. The fraction of sp³-hybridized carbons (Fsp3) is 0.500. The average Bonchev–Trinajstić information content (AvgIpc) is 2.84. The van der Waals surface area contributed by atoms with Crippen molar-refractivity contribution in [1.29, 1.82) is 0 Å². The van der Waals surface area contributed by atoms with E-state index >= 15 is 0 Å². The number of nitrogens with zero attached hydrogens (tertiary/aromatic N) is 3. The molecule has 0 aliphatic carbocycles. The normalized spacial score (nSPS) is 25.8. The number of nitrogens with one attached hydrogen (secondary N) is 1. The summed E-state index contributed by atoms with van der Waals surface area (Å²) in [6, 6.07) is 4.45. The van der Waals surface area contributed by atoms with Crippen LogP contribution in [0, 0.1) is 6.92 Å². The highest BCUT2D eigenvalue weighted by Crippen LogP contribution is 2.25. The Labute approximate surface area is 125 Å². The number of aryl methyl sites for hydroxylation is 1. The molecule has 0 amide bonds. The first-order valence-corrected chi connectivity index (χ1v) is 7.51. The summed E-state index contributed by atoms with van der Waals surface area (Å²) >= 11 is 0. The maximum atomic E-state index is 5.80. The Kier molecular flexibility index (Phi) is 3.92. The molecule has 0 bridgehead atoms. The Morgan fingerprint density at radius 3 is 2.62 bits per heavy atom. The van der Waals surface area contributed by atoms with Crippen LogP contribution in [0.5, 0.6) is 0 Å². The number of pyridine rings is 1. The minimum absolute atomic E-state index is 0.293. The van der Waals surface area contributed by atoms with Gasteiger partial charge in [-0.3, -0.25) is 4.57 Å². The Balaban J connectivity index is 1.85. The quantitative estimate of drug-likeness (QED) is 0.942. The maximum Gasteiger partial charge on any atom is 0.161 e. The molecule has 0 spiro atoms. The van der Waals surface area contributed by atoms with Gasteiger partial charge in [0.15, 0.2) is 5.82 Å². The van der Waals surface area contributed by atoms with E-state index in [1.807, 2.05) is 30.0 Å². The predicted molar refractivity (Wildman–Crippen MR) is 82.7 cm³/mol. The molecule has 1 aliphatic heterocycles. The third kappa shape index (κ3) is 3.08. The molecule has 21 heavy (non-hydrogen) atoms. The van der Waals surface area contributed by atoms with E-state index in [9.17, 15) is 0 Å². The molecular weight excluding hydrogens is 264 g/mol. The van der Waals surface area contributed by atoms with Crippen LogP contribution in [0.1, 0.15) is 32.5 Å². The molecule has 1 fully saturated rings. The number of aromatic nitrogens is 3. The molecule has 2 aromatic rings. The van der Waals surface area contributed by atoms with Crippen LogP contribution in [0.25, 0.3) is 5.82 Å². The maximum absolute atomic E-state index is 5.80. The van der Waals surface area contributed by atoms with Gasteiger partial charge in [0.2, 0.25) is 0 Å². The summed E-state index contributed by atoms with van der Waals surface area (Å²) in [6.07, 6.45) is 8.17. The van der Waals surface area contributed by atoms with Crippen LogP contribution in [0.15, 0.2) is 30.7 Å². The standard InChI is InChI=1S/C16H22N4O/c1-11-9-14(10-12(2)21-11)19-15-5-4-6-18-16(15)20-8-7-17-13(20)3/h4-8,11-12,14,19H,9-10H2,1-3H3. The third-order valence-corrected chi connectivity index (χ3v) is 3.90. The first-order chi connectivity index (χ1) is 10.1. The van der Waals surface area contributed by atoms with Crippen LogP contribution in [-0.2, 0) is 4.74 Å². The van der Waals surface area contributed by atoms with Gasteiger partial charge in [0.05, 0.1) is 17.9 Å². The van der Waals surface area contributed by atoms with Crippen LogP contribution < -0.4 is 5.32 Å². The number of hydrogen-bond donors (Lipinski definition) is 1. The lowest BCUT2D eigenvalue weighted by molar-refractivity contribution is -0.0337. The van der Waals surface area contributed by atoms with Crippen molar-refractivity contribution < 1.29 is 4.74 Å². The zero-order chi connectivity index (χ0) is 14.8. The summed E-state index contributed by atoms with van der Waals surface area (Å²) in [5.41, 5.74) is 1.05. The summed E-state index contributed by atoms with van der Waals surface area (Å²) in [7, 11) is 0. The van der Waals surface area contributed by atoms with E-state index in [1.54, 1.807) is 6.20 Å². The SMILES string of the molecule is Cc1nccn1-c1ncccc1NC1CC(C)OC(C)C1. The monoisotopic (exact) mass is 286 g/mol. The Bertz CT molecular complexity index is 600. The van der Waals surface area contributed by atoms with Gasteiger partial charge in [-0.25, -0.2) is 9.97 Å². The highest BCUT2D eigenvalue weighted by molar-refractivity contribution is 5.57. The van der Waals surface area contributed by atoms with E-state index in [4.69, 9.17) is 4.74 Å². The smallest absolute Gasteiger partial charge is 0.161 e. The second kappa shape index (κ2) is 5.85. The largest absolute Gasteiger partial charge is 0.379 e. The van der Waals surface area contributed by atoms with Crippen LogP contribution >= 0.6 is 0 Å². The van der Waals surface area contributed by atoms with Gasteiger partial charge >= 0.3 is 0 Å². The minimum atomic E-state index is 0.293. The summed E-state index contributed by atoms with van der Waals surface area (Å²) in [5.74, 6) is 1.84. The van der Waals surface area contributed by atoms with Gasteiger partial charge in [-0.15, -0.1) is 0 Å². The molecule has 5 nitrogen and oxygen atoms in total. The molecule has 1 saturated heterocycles. The van der Waals surface area contributed by atoms with E-state index in [0.29, 0.717) is 18.2 Å². The second-order valence-corrected chi connectivity index (χ2v) is 5.79. The summed E-state index contributed by atoms with van der Waals surface area (Å²) in [6.45, 7) is 6.25. The van der Waals surface area contributed by atoms with Crippen molar-refractivity contribution in [3.05, 3.63) is 36.5 Å². The van der Waals surface area contributed by atoms with Crippen molar-refractivity contribution in [3.63, 3.8) is 0 Å². The van der Waals surface area contributed by atoms with Crippen molar-refractivity contribution in [1.82, 2.24) is 14.5 Å². The molecule has 112 valence electrons. The van der Waals surface area contributed by atoms with Crippen LogP contribution in [0.2, 0.25) is 0 Å². The molecular formula is C16H22N4O. The van der Waals surface area contributed by atoms with Gasteiger partial charge < -0.3 is 10.1 Å². The molecule has 2 atom stereocenters. The lowest BCUT2D eigenvalue weighted by Gasteiger charge is -2.33. The zero-order valence-corrected chi connectivity index (χ0v) is 12.8. The first-order valence-electron chi connectivity index (χ1n) is 7.51. The second-order valence-electron chi connectivity index (χ2n) is 5.79. The van der Waals surface area contributed by atoms with Crippen LogP contribution in [0.3, 0.4) is 0 Å². The number of rotatable bonds is 3. The number of imidazole rings is 1. The highest BCUT2D eigenvalue weighted by atomic mass is 16.5. The molecule has 2 aromatic heterocycles. The topological polar surface area (TPSA) is 52.0 Å². The van der Waals surface area contributed by atoms with E-state index < -0.39 is 0 Å². The van der Waals surface area contributed by atoms with Crippen molar-refractivity contribution in [2.75, 3.05) is 5.32 Å². The van der Waals surface area contributed by atoms with Gasteiger partial charge in [0.1, 0.15) is 5.82 Å². The van der Waals surface area contributed by atoms with E-state index in [1.165, 1.54) is 0 Å². The van der Waals surface area contributed by atoms with Gasteiger partial charge in [0, 0.05) is 24.6 Å². The first kappa shape index (κ1) is 14.1. The number of anilines is 1. The van der Waals surface area contributed by atoms with E-state index in [0.717, 1.165) is 30.2 Å². The van der Waals surface area contributed by atoms with Gasteiger partial charge in [-0.1, -0.05) is 0 Å². The molecule has 3 heterocycles. The van der Waals surface area contributed by atoms with Crippen molar-refractivity contribution in [3.8, 4) is 5.82 Å². The number of ether oxygens (including phenoxy) is 1. The van der Waals surface area contributed by atoms with E-state index in [2.05, 4.69) is 35.2 Å². The lowest BCUT2D eigenvalue weighted by atomic mass is 9.99. The summed E-state index contributed by atoms with van der Waals surface area (Å²) < 4.78 is 7.81. The number of hydrogen-bond acceptors (Lipinski definition) is 4.